The van der Waals surface area contributed by atoms with Crippen molar-refractivity contribution in [2.75, 3.05) is 14.2 Å². The molecule has 9 atom stereocenters. The van der Waals surface area contributed by atoms with E-state index in [9.17, 15) is 9.59 Å². The van der Waals surface area contributed by atoms with Crippen LogP contribution < -0.4 is 11.1 Å². The molecule has 4 fully saturated rings. The average Bonchev–Trinajstić information content (AvgIpc) is 3.56. The summed E-state index contributed by atoms with van der Waals surface area (Å²) in [4.78, 5) is 27.9. The number of carbonyl (C=O) groups is 2. The van der Waals surface area contributed by atoms with Crippen LogP contribution in [0.1, 0.15) is 39.7 Å². The molecule has 4 saturated heterocycles. The van der Waals surface area contributed by atoms with E-state index in [1.807, 2.05) is 30.3 Å². The van der Waals surface area contributed by atoms with Crippen LogP contribution in [0.3, 0.4) is 0 Å². The van der Waals surface area contributed by atoms with Gasteiger partial charge in [0.2, 0.25) is 5.91 Å². The second-order valence-electron chi connectivity index (χ2n) is 11.3. The molecular weight excluding hydrogens is 526 g/mol. The number of carbonyl (C=O) groups excluding carboxylic acids is 2. The van der Waals surface area contributed by atoms with Gasteiger partial charge in [-0.15, -0.1) is 0 Å². The smallest absolute Gasteiger partial charge is 0.320 e. The topological polar surface area (TPSA) is 149 Å². The fourth-order valence-electron chi connectivity index (χ4n) is 5.92. The first-order valence-corrected chi connectivity index (χ1v) is 13.4. The third-order valence-electron chi connectivity index (χ3n) is 7.48. The van der Waals surface area contributed by atoms with Crippen molar-refractivity contribution in [3.05, 3.63) is 35.9 Å². The summed E-state index contributed by atoms with van der Waals surface area (Å²) in [6, 6.07) is 7.95. The monoisotopic (exact) mass is 565 g/mol. The Kier molecular flexibility index (Phi) is 8.12. The fourth-order valence-corrected chi connectivity index (χ4v) is 5.92. The van der Waals surface area contributed by atoms with Gasteiger partial charge in [-0.2, -0.15) is 0 Å². The van der Waals surface area contributed by atoms with Crippen LogP contribution in [-0.2, 0) is 49.2 Å². The predicted octanol–water partition coefficient (Wildman–Crippen LogP) is 1.18. The molecule has 0 saturated carbocycles. The number of hydrogen-bond donors (Lipinski definition) is 2. The van der Waals surface area contributed by atoms with E-state index in [1.54, 1.807) is 27.7 Å². The van der Waals surface area contributed by atoms with E-state index in [-0.39, 0.29) is 13.0 Å². The summed E-state index contributed by atoms with van der Waals surface area (Å²) in [5, 5.41) is 2.93. The maximum Gasteiger partial charge on any atom is 0.320 e. The Hall–Kier alpha value is -2.36. The van der Waals surface area contributed by atoms with Crippen LogP contribution in [-0.4, -0.2) is 98.0 Å². The molecule has 1 aromatic rings. The lowest BCUT2D eigenvalue weighted by atomic mass is 9.97. The number of nitrogens with two attached hydrogens (primary N) is 1. The van der Waals surface area contributed by atoms with E-state index in [0.29, 0.717) is 0 Å². The number of nitrogens with one attached hydrogen (secondary N) is 1. The van der Waals surface area contributed by atoms with Crippen LogP contribution >= 0.6 is 0 Å². The molecule has 0 spiro atoms. The molecule has 0 bridgehead atoms. The number of benzene rings is 1. The van der Waals surface area contributed by atoms with Gasteiger partial charge >= 0.3 is 6.03 Å². The van der Waals surface area contributed by atoms with Gasteiger partial charge in [-0.3, -0.25) is 9.69 Å². The van der Waals surface area contributed by atoms with Crippen molar-refractivity contribution in [2.24, 2.45) is 5.73 Å². The van der Waals surface area contributed by atoms with Gasteiger partial charge in [0.25, 0.3) is 0 Å². The molecule has 4 aliphatic heterocycles. The summed E-state index contributed by atoms with van der Waals surface area (Å²) in [7, 11) is 3.01. The van der Waals surface area contributed by atoms with E-state index < -0.39 is 78.9 Å². The second-order valence-corrected chi connectivity index (χ2v) is 11.3. The van der Waals surface area contributed by atoms with Crippen LogP contribution in [0, 0.1) is 0 Å². The Morgan fingerprint density at radius 2 is 1.50 bits per heavy atom. The number of urea groups is 1. The molecule has 40 heavy (non-hydrogen) atoms. The molecular formula is C27H39N3O10. The molecule has 3 N–H and O–H groups in total. The molecule has 0 aromatic heterocycles. The molecule has 5 rings (SSSR count). The van der Waals surface area contributed by atoms with Crippen LogP contribution in [0.15, 0.2) is 30.3 Å². The minimum atomic E-state index is -1.02. The predicted molar refractivity (Wildman–Crippen MR) is 137 cm³/mol. The maximum absolute atomic E-state index is 14.0. The highest BCUT2D eigenvalue weighted by molar-refractivity contribution is 5.78. The summed E-state index contributed by atoms with van der Waals surface area (Å²) >= 11 is 0. The molecule has 13 heteroatoms. The number of fused-ring (bicyclic) bond motifs is 2. The van der Waals surface area contributed by atoms with Gasteiger partial charge in [0, 0.05) is 27.2 Å². The Balaban J connectivity index is 1.48. The van der Waals surface area contributed by atoms with Crippen LogP contribution in [0.25, 0.3) is 0 Å². The summed E-state index contributed by atoms with van der Waals surface area (Å²) in [5.74, 6) is -2.44. The van der Waals surface area contributed by atoms with E-state index in [1.165, 1.54) is 19.1 Å². The normalized spacial score (nSPS) is 36.1. The van der Waals surface area contributed by atoms with Crippen molar-refractivity contribution in [2.45, 2.75) is 108 Å². The quantitative estimate of drug-likeness (QED) is 0.447. The molecule has 3 amide bonds. The minimum absolute atomic E-state index is 0.224. The first kappa shape index (κ1) is 29.1. The lowest BCUT2D eigenvalue weighted by molar-refractivity contribution is -0.247. The van der Waals surface area contributed by atoms with Crippen molar-refractivity contribution in [1.82, 2.24) is 10.2 Å². The van der Waals surface area contributed by atoms with Crippen LogP contribution in [0.5, 0.6) is 0 Å². The Morgan fingerprint density at radius 3 is 2.08 bits per heavy atom. The average molecular weight is 566 g/mol. The fraction of sp³-hybridized carbons (Fsp3) is 0.704. The van der Waals surface area contributed by atoms with Gasteiger partial charge in [0.1, 0.15) is 30.5 Å². The Labute approximate surface area is 233 Å². The molecule has 4 aliphatic rings. The van der Waals surface area contributed by atoms with Crippen LogP contribution in [0.4, 0.5) is 4.79 Å². The van der Waals surface area contributed by atoms with E-state index in [0.717, 1.165) is 5.56 Å². The van der Waals surface area contributed by atoms with E-state index in [2.05, 4.69) is 5.32 Å². The lowest BCUT2D eigenvalue weighted by Crippen LogP contribution is -2.62. The number of primary amides is 1. The Bertz CT molecular complexity index is 1070. The first-order valence-electron chi connectivity index (χ1n) is 13.4. The summed E-state index contributed by atoms with van der Waals surface area (Å²) in [5.41, 5.74) is 6.61. The van der Waals surface area contributed by atoms with Gasteiger partial charge < -0.3 is 48.9 Å². The lowest BCUT2D eigenvalue weighted by Gasteiger charge is -2.41. The maximum atomic E-state index is 14.0. The van der Waals surface area contributed by atoms with Crippen molar-refractivity contribution >= 4 is 11.9 Å². The number of methoxy groups -OCH3 is 2. The highest BCUT2D eigenvalue weighted by Crippen LogP contribution is 2.44. The van der Waals surface area contributed by atoms with E-state index in [4.69, 9.17) is 43.6 Å². The minimum Gasteiger partial charge on any atom is -0.376 e. The number of ether oxygens (including phenoxy) is 8. The third kappa shape index (κ3) is 5.70. The van der Waals surface area contributed by atoms with Gasteiger partial charge in [-0.25, -0.2) is 4.79 Å². The number of rotatable bonds is 9. The van der Waals surface area contributed by atoms with Crippen LogP contribution in [0.2, 0.25) is 0 Å². The molecule has 1 unspecified atom stereocenters. The zero-order chi connectivity index (χ0) is 28.8. The second kappa shape index (κ2) is 11.1. The largest absolute Gasteiger partial charge is 0.376 e. The van der Waals surface area contributed by atoms with Crippen molar-refractivity contribution < 1.29 is 47.5 Å². The van der Waals surface area contributed by atoms with Gasteiger partial charge in [0.15, 0.2) is 30.4 Å². The zero-order valence-corrected chi connectivity index (χ0v) is 23.6. The molecule has 0 radical (unpaired) electrons. The molecule has 0 aliphatic carbocycles. The Morgan fingerprint density at radius 1 is 0.925 bits per heavy atom. The molecule has 1 aromatic carbocycles. The van der Waals surface area contributed by atoms with Crippen molar-refractivity contribution in [3.63, 3.8) is 0 Å². The van der Waals surface area contributed by atoms with Crippen molar-refractivity contribution in [3.8, 4) is 0 Å². The number of amides is 3. The van der Waals surface area contributed by atoms with Crippen molar-refractivity contribution in [1.29, 1.82) is 0 Å². The third-order valence-corrected chi connectivity index (χ3v) is 7.48. The van der Waals surface area contributed by atoms with Gasteiger partial charge in [0.05, 0.1) is 6.04 Å². The summed E-state index contributed by atoms with van der Waals surface area (Å²) < 4.78 is 48.1. The molecule has 13 nitrogen and oxygen atoms in total. The number of hydrogen-bond acceptors (Lipinski definition) is 10. The standard InChI is InChI=1S/C27H39N3O10/c1-26(2)37-20-18(33-5)17(35-23(20)39-26)15(12-16(28)31)30(25(32)29-13-14-10-8-7-9-11-14)22-19(34-6)21-24(36-22)40-27(3,4)38-21/h7-11,15,17-24H,12-13H2,1-6H3,(H2,28,31)(H,29,32)/t15-,17+,18-,19-,20+,21-,22?,23+,24-/m0/s1. The SMILES string of the molecule is CO[C@@H]1[C@H]2OC(C)(C)O[C@H]2O[C@@H]1[C@H](CC(N)=O)N(C(=O)NCc1ccccc1)C1O[C@H]2OC(C)(C)O[C@H]2[C@@H]1OC. The summed E-state index contributed by atoms with van der Waals surface area (Å²) in [6.07, 6.45) is -6.37. The first-order chi connectivity index (χ1) is 18.9. The number of nitrogens with zero attached hydrogens (tertiary/aromatic N) is 1. The van der Waals surface area contributed by atoms with Gasteiger partial charge in [-0.05, 0) is 33.3 Å². The highest BCUT2D eigenvalue weighted by Gasteiger charge is 2.62. The van der Waals surface area contributed by atoms with Gasteiger partial charge in [-0.1, -0.05) is 30.3 Å². The summed E-state index contributed by atoms with van der Waals surface area (Å²) in [6.45, 7) is 7.31. The highest BCUT2D eigenvalue weighted by atomic mass is 16.9. The molecule has 222 valence electrons. The van der Waals surface area contributed by atoms with E-state index >= 15 is 0 Å². The molecule has 4 heterocycles. The zero-order valence-electron chi connectivity index (χ0n) is 23.6.